The maximum absolute atomic E-state index is 12.0. The Kier molecular flexibility index (Phi) is 9.83. The van der Waals surface area contributed by atoms with Crippen LogP contribution in [0.2, 0.25) is 0 Å². The second kappa shape index (κ2) is 12.9. The number of hydrogen-bond donors (Lipinski definition) is 5. The molecule has 6 atom stereocenters. The van der Waals surface area contributed by atoms with Crippen molar-refractivity contribution in [3.8, 4) is 11.5 Å². The fourth-order valence-corrected chi connectivity index (χ4v) is 3.72. The highest BCUT2D eigenvalue weighted by atomic mass is 16.7. The number of carbonyl (C=O) groups excluding carboxylic acids is 1. The summed E-state index contributed by atoms with van der Waals surface area (Å²) in [6.45, 7) is 0.604. The van der Waals surface area contributed by atoms with E-state index in [1.165, 1.54) is 13.2 Å². The molecule has 2 heterocycles. The molecule has 212 valence electrons. The van der Waals surface area contributed by atoms with Crippen molar-refractivity contribution in [2.75, 3.05) is 13.7 Å². The molecular weight excluding hydrogens is 520 g/mol. The van der Waals surface area contributed by atoms with Gasteiger partial charge in [-0.3, -0.25) is 9.59 Å². The summed E-state index contributed by atoms with van der Waals surface area (Å²) >= 11 is 0. The van der Waals surface area contributed by atoms with Gasteiger partial charge in [0.2, 0.25) is 6.29 Å². The van der Waals surface area contributed by atoms with Crippen LogP contribution in [-0.2, 0) is 19.1 Å². The lowest BCUT2D eigenvalue weighted by Gasteiger charge is -2.40. The van der Waals surface area contributed by atoms with E-state index < -0.39 is 73.3 Å². The summed E-state index contributed by atoms with van der Waals surface area (Å²) in [5, 5.41) is 49.6. The van der Waals surface area contributed by atoms with Crippen molar-refractivity contribution in [3.05, 3.63) is 58.1 Å². The van der Waals surface area contributed by atoms with Crippen LogP contribution < -0.4 is 15.1 Å². The number of carboxylic acids is 1. The Morgan fingerprint density at radius 3 is 2.33 bits per heavy atom. The molecule has 0 radical (unpaired) electrons. The molecule has 13 heteroatoms. The molecule has 0 bridgehead atoms. The fraction of sp³-hybridized carbons (Fsp3) is 0.423. The first-order chi connectivity index (χ1) is 18.4. The standard InChI is InChI=1S/C26H30O13/c1-26(34,11-19(27)28)12-21(30)36-13-18-22(31)23(32)24(33)25(39-18)38-15-6-3-14(4-7-15)5-8-16-9-17(35-2)10-20(29)37-16/h3-10,18,22-25,31-34H,11-13H2,1-2H3,(H,27,28)/t18-,22-,23+,24-,25-,26+/m1/s1. The molecule has 5 N–H and O–H groups in total. The third kappa shape index (κ3) is 8.63. The molecule has 1 aromatic heterocycles. The molecule has 1 fully saturated rings. The second-order valence-corrected chi connectivity index (χ2v) is 9.18. The molecule has 1 aliphatic heterocycles. The first-order valence-corrected chi connectivity index (χ1v) is 11.8. The van der Waals surface area contributed by atoms with Gasteiger partial charge in [0.15, 0.2) is 0 Å². The van der Waals surface area contributed by atoms with E-state index in [-0.39, 0.29) is 11.5 Å². The van der Waals surface area contributed by atoms with Gasteiger partial charge in [0, 0.05) is 6.07 Å². The van der Waals surface area contributed by atoms with Crippen molar-refractivity contribution in [1.29, 1.82) is 0 Å². The topological polar surface area (TPSA) is 202 Å². The van der Waals surface area contributed by atoms with Crippen molar-refractivity contribution >= 4 is 24.1 Å². The number of benzene rings is 1. The van der Waals surface area contributed by atoms with Gasteiger partial charge in [-0.25, -0.2) is 4.79 Å². The van der Waals surface area contributed by atoms with Crippen LogP contribution in [0.4, 0.5) is 0 Å². The van der Waals surface area contributed by atoms with Crippen LogP contribution in [0.3, 0.4) is 0 Å². The fourth-order valence-electron chi connectivity index (χ4n) is 3.72. The van der Waals surface area contributed by atoms with E-state index >= 15 is 0 Å². The highest BCUT2D eigenvalue weighted by molar-refractivity contribution is 5.73. The van der Waals surface area contributed by atoms with E-state index in [0.717, 1.165) is 6.92 Å². The lowest BCUT2D eigenvalue weighted by atomic mass is 9.98. The van der Waals surface area contributed by atoms with E-state index in [9.17, 15) is 34.8 Å². The minimum absolute atomic E-state index is 0.244. The van der Waals surface area contributed by atoms with Crippen molar-refractivity contribution in [3.63, 3.8) is 0 Å². The highest BCUT2D eigenvalue weighted by Gasteiger charge is 2.45. The molecule has 0 unspecified atom stereocenters. The zero-order chi connectivity index (χ0) is 28.7. The largest absolute Gasteiger partial charge is 0.496 e. The van der Waals surface area contributed by atoms with Crippen LogP contribution in [0.5, 0.6) is 11.5 Å². The molecule has 1 aromatic carbocycles. The Labute approximate surface area is 222 Å². The lowest BCUT2D eigenvalue weighted by molar-refractivity contribution is -0.278. The predicted octanol–water partition coefficient (Wildman–Crippen LogP) is 0.164. The van der Waals surface area contributed by atoms with Crippen LogP contribution in [0.15, 0.2) is 45.6 Å². The normalized spacial score (nSPS) is 24.6. The number of aliphatic hydroxyl groups excluding tert-OH is 3. The Morgan fingerprint density at radius 1 is 1.00 bits per heavy atom. The summed E-state index contributed by atoms with van der Waals surface area (Å²) < 4.78 is 26.2. The number of aliphatic hydroxyl groups is 4. The van der Waals surface area contributed by atoms with E-state index in [2.05, 4.69) is 0 Å². The van der Waals surface area contributed by atoms with E-state index in [1.54, 1.807) is 42.5 Å². The van der Waals surface area contributed by atoms with Gasteiger partial charge in [-0.05, 0) is 30.7 Å². The minimum Gasteiger partial charge on any atom is -0.496 e. The molecular formula is C26H30O13. The number of ether oxygens (including phenoxy) is 4. The van der Waals surface area contributed by atoms with Gasteiger partial charge < -0.3 is 48.9 Å². The quantitative estimate of drug-likeness (QED) is 0.237. The van der Waals surface area contributed by atoms with Crippen LogP contribution in [-0.4, -0.2) is 87.5 Å². The Morgan fingerprint density at radius 2 is 1.69 bits per heavy atom. The van der Waals surface area contributed by atoms with Crippen molar-refractivity contribution in [2.45, 2.75) is 56.1 Å². The van der Waals surface area contributed by atoms with Gasteiger partial charge in [-0.1, -0.05) is 18.2 Å². The predicted molar refractivity (Wildman–Crippen MR) is 133 cm³/mol. The molecule has 0 saturated carbocycles. The van der Waals surface area contributed by atoms with Crippen molar-refractivity contribution < 1.29 is 58.5 Å². The molecule has 13 nitrogen and oxygen atoms in total. The number of esters is 1. The van der Waals surface area contributed by atoms with Gasteiger partial charge in [-0.2, -0.15) is 0 Å². The average molecular weight is 551 g/mol. The van der Waals surface area contributed by atoms with Gasteiger partial charge in [0.25, 0.3) is 0 Å². The monoisotopic (exact) mass is 550 g/mol. The first-order valence-electron chi connectivity index (χ1n) is 11.8. The number of carbonyl (C=O) groups is 2. The van der Waals surface area contributed by atoms with E-state index in [4.69, 9.17) is 28.5 Å². The third-order valence-electron chi connectivity index (χ3n) is 5.71. The summed E-state index contributed by atoms with van der Waals surface area (Å²) in [6, 6.07) is 9.18. The lowest BCUT2D eigenvalue weighted by Crippen LogP contribution is -2.60. The SMILES string of the molecule is COc1cc(C=Cc2ccc(O[C@@H]3O[C@H](COC(=O)C[C@@](C)(O)CC(=O)O)[C@@H](O)[C@H](O)[C@H]3O)cc2)oc(=O)c1. The van der Waals surface area contributed by atoms with Gasteiger partial charge in [0.05, 0.1) is 31.6 Å². The van der Waals surface area contributed by atoms with Crippen LogP contribution in [0, 0.1) is 0 Å². The molecule has 1 aliphatic rings. The number of methoxy groups -OCH3 is 1. The summed E-state index contributed by atoms with van der Waals surface area (Å²) in [6.07, 6.45) is -5.76. The zero-order valence-corrected chi connectivity index (χ0v) is 21.1. The third-order valence-corrected chi connectivity index (χ3v) is 5.71. The average Bonchev–Trinajstić information content (AvgIpc) is 2.86. The van der Waals surface area contributed by atoms with E-state index in [0.29, 0.717) is 11.3 Å². The van der Waals surface area contributed by atoms with Gasteiger partial charge >= 0.3 is 17.6 Å². The molecule has 0 aliphatic carbocycles. The Bertz CT molecular complexity index is 1220. The number of aliphatic carboxylic acids is 1. The molecule has 3 rings (SSSR count). The molecule has 2 aromatic rings. The minimum atomic E-state index is -1.85. The maximum atomic E-state index is 12.0. The number of carboxylic acid groups (broad SMARTS) is 1. The van der Waals surface area contributed by atoms with E-state index in [1.807, 2.05) is 0 Å². The number of hydrogen-bond acceptors (Lipinski definition) is 12. The molecule has 1 saturated heterocycles. The second-order valence-electron chi connectivity index (χ2n) is 9.18. The highest BCUT2D eigenvalue weighted by Crippen LogP contribution is 2.26. The van der Waals surface area contributed by atoms with Crippen LogP contribution in [0.1, 0.15) is 31.1 Å². The van der Waals surface area contributed by atoms with Crippen molar-refractivity contribution in [1.82, 2.24) is 0 Å². The van der Waals surface area contributed by atoms with Gasteiger partial charge in [0.1, 0.15) is 48.3 Å². The van der Waals surface area contributed by atoms with Crippen molar-refractivity contribution in [2.24, 2.45) is 0 Å². The zero-order valence-electron chi connectivity index (χ0n) is 21.1. The first kappa shape index (κ1) is 29.8. The molecule has 0 amide bonds. The summed E-state index contributed by atoms with van der Waals surface area (Å²) in [5.74, 6) is -1.38. The summed E-state index contributed by atoms with van der Waals surface area (Å²) in [7, 11) is 1.43. The maximum Gasteiger partial charge on any atom is 0.339 e. The number of rotatable bonds is 11. The summed E-state index contributed by atoms with van der Waals surface area (Å²) in [4.78, 5) is 34.4. The molecule has 0 spiro atoms. The molecule has 39 heavy (non-hydrogen) atoms. The Balaban J connectivity index is 1.60. The summed E-state index contributed by atoms with van der Waals surface area (Å²) in [5.41, 5.74) is -1.70. The van der Waals surface area contributed by atoms with Gasteiger partial charge in [-0.15, -0.1) is 0 Å². The smallest absolute Gasteiger partial charge is 0.339 e. The Hall–Kier alpha value is -3.75. The van der Waals surface area contributed by atoms with Crippen LogP contribution >= 0.6 is 0 Å². The van der Waals surface area contributed by atoms with Crippen LogP contribution in [0.25, 0.3) is 12.2 Å².